The topological polar surface area (TPSA) is 63.6 Å². The van der Waals surface area contributed by atoms with E-state index in [4.69, 9.17) is 9.29 Å². The first-order valence-electron chi connectivity index (χ1n) is 6.47. The molecule has 0 aliphatic heterocycles. The molecule has 5 heteroatoms. The first-order valence-corrected chi connectivity index (χ1v) is 8.08. The molecule has 17 heavy (non-hydrogen) atoms. The van der Waals surface area contributed by atoms with Gasteiger partial charge in [-0.05, 0) is 6.42 Å². The molecule has 0 spiro atoms. The molecule has 1 unspecified atom stereocenters. The van der Waals surface area contributed by atoms with Gasteiger partial charge in [0.05, 0.1) is 6.10 Å². The van der Waals surface area contributed by atoms with Crippen LogP contribution in [0.3, 0.4) is 0 Å². The van der Waals surface area contributed by atoms with Crippen molar-refractivity contribution in [1.29, 1.82) is 0 Å². The van der Waals surface area contributed by atoms with E-state index >= 15 is 0 Å². The number of hydrogen-bond donors (Lipinski definition) is 1. The van der Waals surface area contributed by atoms with E-state index in [1.165, 1.54) is 39.2 Å². The Labute approximate surface area is 105 Å². The summed E-state index contributed by atoms with van der Waals surface area (Å²) in [6.45, 7) is 2.19. The summed E-state index contributed by atoms with van der Waals surface area (Å²) in [5.74, 6) is -0.292. The van der Waals surface area contributed by atoms with Gasteiger partial charge in [-0.15, -0.1) is 0 Å². The zero-order valence-corrected chi connectivity index (χ0v) is 11.8. The lowest BCUT2D eigenvalue weighted by Crippen LogP contribution is -2.22. The Morgan fingerprint density at radius 1 is 1.06 bits per heavy atom. The SMILES string of the molecule is CCCCCCCCCC(CS(=O)(=O)O)OC. The average Bonchev–Trinajstić information content (AvgIpc) is 2.24. The molecule has 0 saturated heterocycles. The van der Waals surface area contributed by atoms with Crippen molar-refractivity contribution in [3.05, 3.63) is 0 Å². The third-order valence-electron chi connectivity index (χ3n) is 2.86. The Hall–Kier alpha value is -0.130. The zero-order valence-electron chi connectivity index (χ0n) is 11.0. The number of ether oxygens (including phenoxy) is 1. The fourth-order valence-corrected chi connectivity index (χ4v) is 2.61. The third kappa shape index (κ3) is 12.1. The van der Waals surface area contributed by atoms with E-state index in [2.05, 4.69) is 6.92 Å². The van der Waals surface area contributed by atoms with Crippen LogP contribution in [0.2, 0.25) is 0 Å². The molecule has 0 aromatic heterocycles. The number of methoxy groups -OCH3 is 1. The van der Waals surface area contributed by atoms with E-state index in [0.29, 0.717) is 6.42 Å². The van der Waals surface area contributed by atoms with Gasteiger partial charge in [-0.2, -0.15) is 8.42 Å². The van der Waals surface area contributed by atoms with Crippen molar-refractivity contribution in [2.24, 2.45) is 0 Å². The second-order valence-corrected chi connectivity index (χ2v) is 6.01. The van der Waals surface area contributed by atoms with Crippen LogP contribution in [-0.2, 0) is 14.9 Å². The molecule has 0 rings (SSSR count). The fourth-order valence-electron chi connectivity index (χ4n) is 1.83. The maximum Gasteiger partial charge on any atom is 0.267 e. The van der Waals surface area contributed by atoms with Crippen LogP contribution < -0.4 is 0 Å². The lowest BCUT2D eigenvalue weighted by molar-refractivity contribution is 0.109. The summed E-state index contributed by atoms with van der Waals surface area (Å²) in [4.78, 5) is 0. The minimum absolute atomic E-state index is 0.292. The summed E-state index contributed by atoms with van der Waals surface area (Å²) in [5, 5.41) is 0. The van der Waals surface area contributed by atoms with Crippen molar-refractivity contribution in [3.63, 3.8) is 0 Å². The summed E-state index contributed by atoms with van der Waals surface area (Å²) < 4.78 is 35.1. The molecule has 1 N–H and O–H groups in total. The van der Waals surface area contributed by atoms with Gasteiger partial charge in [0.1, 0.15) is 5.75 Å². The summed E-state index contributed by atoms with van der Waals surface area (Å²) in [6.07, 6.45) is 8.67. The predicted molar refractivity (Wildman–Crippen MR) is 69.8 cm³/mol. The monoisotopic (exact) mass is 266 g/mol. The standard InChI is InChI=1S/C12H26O4S/c1-3-4-5-6-7-8-9-10-12(16-2)11-17(13,14)15/h12H,3-11H2,1-2H3,(H,13,14,15). The number of rotatable bonds is 11. The van der Waals surface area contributed by atoms with Crippen LogP contribution in [0.15, 0.2) is 0 Å². The fraction of sp³-hybridized carbons (Fsp3) is 1.00. The smallest absolute Gasteiger partial charge is 0.267 e. The van der Waals surface area contributed by atoms with Crippen LogP contribution in [0.25, 0.3) is 0 Å². The van der Waals surface area contributed by atoms with Gasteiger partial charge in [0.15, 0.2) is 0 Å². The normalized spacial score (nSPS) is 13.8. The summed E-state index contributed by atoms with van der Waals surface area (Å²) >= 11 is 0. The molecule has 0 fully saturated rings. The van der Waals surface area contributed by atoms with Crippen molar-refractivity contribution in [1.82, 2.24) is 0 Å². The van der Waals surface area contributed by atoms with E-state index in [9.17, 15) is 8.42 Å². The van der Waals surface area contributed by atoms with Crippen LogP contribution in [0, 0.1) is 0 Å². The zero-order chi connectivity index (χ0) is 13.1. The molecule has 0 heterocycles. The van der Waals surface area contributed by atoms with Crippen molar-refractivity contribution in [3.8, 4) is 0 Å². The molecule has 0 saturated carbocycles. The quantitative estimate of drug-likeness (QED) is 0.461. The van der Waals surface area contributed by atoms with Crippen molar-refractivity contribution < 1.29 is 17.7 Å². The molecule has 0 radical (unpaired) electrons. The Bertz CT molecular complexity index is 262. The van der Waals surface area contributed by atoms with Crippen LogP contribution in [0.4, 0.5) is 0 Å². The number of unbranched alkanes of at least 4 members (excludes halogenated alkanes) is 6. The molecular weight excluding hydrogens is 240 g/mol. The first kappa shape index (κ1) is 16.9. The highest BCUT2D eigenvalue weighted by atomic mass is 32.2. The molecule has 0 aliphatic rings. The highest BCUT2D eigenvalue weighted by molar-refractivity contribution is 7.85. The average molecular weight is 266 g/mol. The maximum atomic E-state index is 10.7. The lowest BCUT2D eigenvalue weighted by Gasteiger charge is -2.13. The van der Waals surface area contributed by atoms with Gasteiger partial charge in [0.25, 0.3) is 10.1 Å². The molecule has 0 amide bonds. The Kier molecular flexibility index (Phi) is 9.78. The molecule has 0 bridgehead atoms. The van der Waals surface area contributed by atoms with Crippen molar-refractivity contribution >= 4 is 10.1 Å². The largest absolute Gasteiger partial charge is 0.380 e. The maximum absolute atomic E-state index is 10.7. The Balaban J connectivity index is 3.50. The van der Waals surface area contributed by atoms with E-state index in [1.54, 1.807) is 0 Å². The van der Waals surface area contributed by atoms with Crippen LogP contribution >= 0.6 is 0 Å². The van der Waals surface area contributed by atoms with Gasteiger partial charge in [0, 0.05) is 7.11 Å². The molecule has 0 aliphatic carbocycles. The first-order chi connectivity index (χ1) is 7.99. The van der Waals surface area contributed by atoms with Gasteiger partial charge in [-0.25, -0.2) is 0 Å². The van der Waals surface area contributed by atoms with Crippen LogP contribution in [0.5, 0.6) is 0 Å². The minimum Gasteiger partial charge on any atom is -0.380 e. The van der Waals surface area contributed by atoms with Gasteiger partial charge >= 0.3 is 0 Å². The second kappa shape index (κ2) is 9.85. The van der Waals surface area contributed by atoms with Crippen LogP contribution in [-0.4, -0.2) is 31.9 Å². The van der Waals surface area contributed by atoms with E-state index in [1.807, 2.05) is 0 Å². The summed E-state index contributed by atoms with van der Waals surface area (Å²) in [6, 6.07) is 0. The molecule has 1 atom stereocenters. The second-order valence-electron chi connectivity index (χ2n) is 4.52. The highest BCUT2D eigenvalue weighted by Crippen LogP contribution is 2.11. The molecular formula is C12H26O4S. The van der Waals surface area contributed by atoms with Crippen molar-refractivity contribution in [2.75, 3.05) is 12.9 Å². The van der Waals surface area contributed by atoms with E-state index < -0.39 is 10.1 Å². The number of hydrogen-bond acceptors (Lipinski definition) is 3. The predicted octanol–water partition coefficient (Wildman–Crippen LogP) is 3.03. The summed E-state index contributed by atoms with van der Waals surface area (Å²) in [7, 11) is -2.43. The molecule has 0 aromatic rings. The minimum atomic E-state index is -3.92. The lowest BCUT2D eigenvalue weighted by atomic mass is 10.1. The van der Waals surface area contributed by atoms with Gasteiger partial charge in [-0.1, -0.05) is 51.9 Å². The van der Waals surface area contributed by atoms with Crippen LogP contribution in [0.1, 0.15) is 58.3 Å². The van der Waals surface area contributed by atoms with Gasteiger partial charge in [0.2, 0.25) is 0 Å². The van der Waals surface area contributed by atoms with Gasteiger partial charge < -0.3 is 4.74 Å². The van der Waals surface area contributed by atoms with Crippen molar-refractivity contribution in [2.45, 2.75) is 64.4 Å². The van der Waals surface area contributed by atoms with E-state index in [0.717, 1.165) is 12.8 Å². The summed E-state index contributed by atoms with van der Waals surface area (Å²) in [5.41, 5.74) is 0. The Morgan fingerprint density at radius 2 is 1.59 bits per heavy atom. The molecule has 0 aromatic carbocycles. The highest BCUT2D eigenvalue weighted by Gasteiger charge is 2.15. The molecule has 4 nitrogen and oxygen atoms in total. The van der Waals surface area contributed by atoms with E-state index in [-0.39, 0.29) is 11.9 Å². The molecule has 104 valence electrons. The Morgan fingerprint density at radius 3 is 2.06 bits per heavy atom. The third-order valence-corrected chi connectivity index (χ3v) is 3.65. The van der Waals surface area contributed by atoms with Gasteiger partial charge in [-0.3, -0.25) is 4.55 Å².